The summed E-state index contributed by atoms with van der Waals surface area (Å²) < 4.78 is 6.52. The molecule has 0 spiro atoms. The summed E-state index contributed by atoms with van der Waals surface area (Å²) in [6.45, 7) is 1.84. The third-order valence-corrected chi connectivity index (χ3v) is 3.61. The smallest absolute Gasteiger partial charge is 0.296 e. The molecule has 0 aliphatic heterocycles. The maximum absolute atomic E-state index is 11.9. The SMILES string of the molecule is Cc1onc2c(=O)n(C)nc(C3CCCC3)c12. The van der Waals surface area contributed by atoms with Crippen LogP contribution in [-0.4, -0.2) is 14.9 Å². The fraction of sp³-hybridized carbons (Fsp3) is 0.583. The van der Waals surface area contributed by atoms with Crippen molar-refractivity contribution in [2.24, 2.45) is 7.05 Å². The van der Waals surface area contributed by atoms with Crippen molar-refractivity contribution in [1.29, 1.82) is 0 Å². The number of rotatable bonds is 1. The van der Waals surface area contributed by atoms with Crippen LogP contribution < -0.4 is 5.56 Å². The Morgan fingerprint density at radius 1 is 1.35 bits per heavy atom. The average Bonchev–Trinajstić information content (AvgIpc) is 2.93. The van der Waals surface area contributed by atoms with E-state index in [-0.39, 0.29) is 5.56 Å². The van der Waals surface area contributed by atoms with Crippen LogP contribution in [-0.2, 0) is 7.05 Å². The van der Waals surface area contributed by atoms with Crippen molar-refractivity contribution in [3.63, 3.8) is 0 Å². The summed E-state index contributed by atoms with van der Waals surface area (Å²) in [7, 11) is 1.67. The second-order valence-corrected chi connectivity index (χ2v) is 4.76. The fourth-order valence-electron chi connectivity index (χ4n) is 2.72. The van der Waals surface area contributed by atoms with Gasteiger partial charge in [-0.1, -0.05) is 18.0 Å². The molecule has 2 aromatic rings. The third-order valence-electron chi connectivity index (χ3n) is 3.61. The Morgan fingerprint density at radius 3 is 2.76 bits per heavy atom. The predicted octanol–water partition coefficient (Wildman–Crippen LogP) is 1.89. The molecular weight excluding hydrogens is 218 g/mol. The van der Waals surface area contributed by atoms with Crippen molar-refractivity contribution in [1.82, 2.24) is 14.9 Å². The minimum absolute atomic E-state index is 0.182. The normalized spacial score (nSPS) is 17.1. The molecular formula is C12H15N3O2. The maximum Gasteiger partial charge on any atom is 0.296 e. The summed E-state index contributed by atoms with van der Waals surface area (Å²) in [6, 6.07) is 0. The van der Waals surface area contributed by atoms with Crippen LogP contribution in [0.15, 0.2) is 9.32 Å². The van der Waals surface area contributed by atoms with E-state index in [0.717, 1.165) is 23.9 Å². The van der Waals surface area contributed by atoms with Crippen molar-refractivity contribution < 1.29 is 4.52 Å². The van der Waals surface area contributed by atoms with E-state index in [9.17, 15) is 4.79 Å². The van der Waals surface area contributed by atoms with E-state index in [1.807, 2.05) is 6.92 Å². The van der Waals surface area contributed by atoms with Crippen LogP contribution >= 0.6 is 0 Å². The van der Waals surface area contributed by atoms with Gasteiger partial charge in [0.2, 0.25) is 0 Å². The van der Waals surface area contributed by atoms with Gasteiger partial charge >= 0.3 is 0 Å². The lowest BCUT2D eigenvalue weighted by Crippen LogP contribution is -2.22. The van der Waals surface area contributed by atoms with Crippen molar-refractivity contribution >= 4 is 10.9 Å². The summed E-state index contributed by atoms with van der Waals surface area (Å²) in [5, 5.41) is 9.12. The molecule has 1 saturated carbocycles. The zero-order chi connectivity index (χ0) is 12.0. The molecule has 3 rings (SSSR count). The molecule has 0 saturated heterocycles. The lowest BCUT2D eigenvalue weighted by Gasteiger charge is -2.10. The van der Waals surface area contributed by atoms with Crippen molar-refractivity contribution in [2.75, 3.05) is 0 Å². The average molecular weight is 233 g/mol. The van der Waals surface area contributed by atoms with Gasteiger partial charge in [-0.05, 0) is 19.8 Å². The molecule has 1 fully saturated rings. The lowest BCUT2D eigenvalue weighted by atomic mass is 10.00. The van der Waals surface area contributed by atoms with Crippen molar-refractivity contribution in [3.8, 4) is 0 Å². The quantitative estimate of drug-likeness (QED) is 0.754. The van der Waals surface area contributed by atoms with Crippen LogP contribution in [0.3, 0.4) is 0 Å². The molecule has 1 aliphatic rings. The van der Waals surface area contributed by atoms with Gasteiger partial charge in [-0.25, -0.2) is 4.68 Å². The molecule has 5 heteroatoms. The Balaban J connectivity index is 2.32. The standard InChI is InChI=1S/C12H15N3O2/c1-7-9-10(8-5-3-4-6-8)13-15(2)12(16)11(9)14-17-7/h8H,3-6H2,1-2H3. The number of nitrogens with zero attached hydrogens (tertiary/aromatic N) is 3. The molecule has 1 aliphatic carbocycles. The number of hydrogen-bond acceptors (Lipinski definition) is 4. The molecule has 0 radical (unpaired) electrons. The molecule has 2 heterocycles. The fourth-order valence-corrected chi connectivity index (χ4v) is 2.72. The van der Waals surface area contributed by atoms with Gasteiger partial charge in [0.25, 0.3) is 5.56 Å². The van der Waals surface area contributed by atoms with E-state index in [4.69, 9.17) is 4.52 Å². The van der Waals surface area contributed by atoms with Gasteiger partial charge in [-0.3, -0.25) is 4.79 Å². The topological polar surface area (TPSA) is 60.9 Å². The third kappa shape index (κ3) is 1.49. The predicted molar refractivity (Wildman–Crippen MR) is 63.0 cm³/mol. The molecule has 0 unspecified atom stereocenters. The molecule has 0 amide bonds. The maximum atomic E-state index is 11.9. The lowest BCUT2D eigenvalue weighted by molar-refractivity contribution is 0.405. The molecule has 0 atom stereocenters. The highest BCUT2D eigenvalue weighted by Gasteiger charge is 2.25. The zero-order valence-electron chi connectivity index (χ0n) is 10.1. The number of aryl methyl sites for hydroxylation is 2. The van der Waals surface area contributed by atoms with Crippen LogP contribution in [0.5, 0.6) is 0 Å². The first-order valence-electron chi connectivity index (χ1n) is 6.01. The van der Waals surface area contributed by atoms with E-state index < -0.39 is 0 Å². The van der Waals surface area contributed by atoms with Crippen molar-refractivity contribution in [3.05, 3.63) is 21.8 Å². The van der Waals surface area contributed by atoms with Gasteiger partial charge in [0.1, 0.15) is 5.76 Å². The summed E-state index contributed by atoms with van der Waals surface area (Å²) in [6.07, 6.45) is 4.76. The summed E-state index contributed by atoms with van der Waals surface area (Å²) in [5.74, 6) is 1.15. The van der Waals surface area contributed by atoms with Gasteiger partial charge in [-0.2, -0.15) is 5.10 Å². The Bertz CT molecular complexity index is 620. The van der Waals surface area contributed by atoms with E-state index in [1.54, 1.807) is 7.05 Å². The van der Waals surface area contributed by atoms with Crippen molar-refractivity contribution in [2.45, 2.75) is 38.5 Å². The summed E-state index contributed by atoms with van der Waals surface area (Å²) >= 11 is 0. The minimum Gasteiger partial charge on any atom is -0.360 e. The molecule has 90 valence electrons. The Labute approximate surface area is 98.4 Å². The molecule has 0 aromatic carbocycles. The van der Waals surface area contributed by atoms with Gasteiger partial charge in [0.05, 0.1) is 11.1 Å². The van der Waals surface area contributed by atoms with Crippen LogP contribution in [0.25, 0.3) is 10.9 Å². The van der Waals surface area contributed by atoms with Crippen LogP contribution in [0.4, 0.5) is 0 Å². The molecule has 0 bridgehead atoms. The molecule has 5 nitrogen and oxygen atoms in total. The highest BCUT2D eigenvalue weighted by atomic mass is 16.5. The van der Waals surface area contributed by atoms with Crippen LogP contribution in [0.1, 0.15) is 43.1 Å². The summed E-state index contributed by atoms with van der Waals surface area (Å²) in [4.78, 5) is 11.9. The van der Waals surface area contributed by atoms with Crippen LogP contribution in [0.2, 0.25) is 0 Å². The van der Waals surface area contributed by atoms with E-state index in [0.29, 0.717) is 17.2 Å². The second-order valence-electron chi connectivity index (χ2n) is 4.76. The Kier molecular flexibility index (Phi) is 2.28. The number of hydrogen-bond donors (Lipinski definition) is 0. The van der Waals surface area contributed by atoms with Gasteiger partial charge < -0.3 is 4.52 Å². The number of aromatic nitrogens is 3. The largest absolute Gasteiger partial charge is 0.360 e. The monoisotopic (exact) mass is 233 g/mol. The van der Waals surface area contributed by atoms with Gasteiger partial charge in [0.15, 0.2) is 5.52 Å². The van der Waals surface area contributed by atoms with Gasteiger partial charge in [-0.15, -0.1) is 0 Å². The van der Waals surface area contributed by atoms with Crippen LogP contribution in [0, 0.1) is 6.92 Å². The molecule has 2 aromatic heterocycles. The van der Waals surface area contributed by atoms with Gasteiger partial charge in [0, 0.05) is 13.0 Å². The Hall–Kier alpha value is -1.65. The van der Waals surface area contributed by atoms with E-state index in [1.165, 1.54) is 17.5 Å². The second kappa shape index (κ2) is 3.68. The summed E-state index contributed by atoms with van der Waals surface area (Å²) in [5.41, 5.74) is 1.22. The Morgan fingerprint density at radius 2 is 2.06 bits per heavy atom. The molecule has 17 heavy (non-hydrogen) atoms. The number of fused-ring (bicyclic) bond motifs is 1. The molecule has 0 N–H and O–H groups in total. The first kappa shape index (κ1) is 10.5. The minimum atomic E-state index is -0.182. The van der Waals surface area contributed by atoms with E-state index >= 15 is 0 Å². The van der Waals surface area contributed by atoms with E-state index in [2.05, 4.69) is 10.3 Å². The highest BCUT2D eigenvalue weighted by Crippen LogP contribution is 2.36. The first-order valence-corrected chi connectivity index (χ1v) is 6.01. The zero-order valence-corrected chi connectivity index (χ0v) is 10.1. The highest BCUT2D eigenvalue weighted by molar-refractivity contribution is 5.82. The first-order chi connectivity index (χ1) is 8.18.